The number of rotatable bonds is 11. The van der Waals surface area contributed by atoms with Crippen LogP contribution in [0.1, 0.15) is 17.0 Å². The van der Waals surface area contributed by atoms with Crippen LogP contribution in [0.5, 0.6) is 0 Å². The van der Waals surface area contributed by atoms with Crippen LogP contribution in [0.25, 0.3) is 0 Å². The van der Waals surface area contributed by atoms with E-state index in [1.807, 2.05) is 17.0 Å². The molecule has 0 spiro atoms. The van der Waals surface area contributed by atoms with Crippen molar-refractivity contribution in [2.45, 2.75) is 30.5 Å². The number of nitrogens with zero attached hydrogens (tertiary/aromatic N) is 3. The van der Waals surface area contributed by atoms with Crippen molar-refractivity contribution < 1.29 is 22.0 Å². The summed E-state index contributed by atoms with van der Waals surface area (Å²) in [4.78, 5) is 6.13. The van der Waals surface area contributed by atoms with Crippen molar-refractivity contribution in [3.05, 3.63) is 102 Å². The fraction of sp³-hybridized carbons (Fsp3) is 0.231. The van der Waals surface area contributed by atoms with Gasteiger partial charge >= 0.3 is 0 Å². The number of hydrogen-bond donors (Lipinski definition) is 1. The van der Waals surface area contributed by atoms with Crippen molar-refractivity contribution in [3.8, 4) is 0 Å². The Labute approximate surface area is 220 Å². The van der Waals surface area contributed by atoms with Crippen LogP contribution < -0.4 is 5.32 Å². The van der Waals surface area contributed by atoms with Gasteiger partial charge in [-0.15, -0.1) is 0 Å². The minimum atomic E-state index is -3.74. The summed E-state index contributed by atoms with van der Waals surface area (Å²) >= 11 is 5.67. The first kappa shape index (κ1) is 26.5. The molecular formula is C26H27FN4O4S2. The first-order valence-electron chi connectivity index (χ1n) is 11.5. The van der Waals surface area contributed by atoms with Crippen molar-refractivity contribution in [1.82, 2.24) is 14.5 Å². The van der Waals surface area contributed by atoms with Gasteiger partial charge in [0.05, 0.1) is 43.6 Å². The van der Waals surface area contributed by atoms with Gasteiger partial charge in [0, 0.05) is 19.3 Å². The third kappa shape index (κ3) is 7.03. The van der Waals surface area contributed by atoms with Crippen molar-refractivity contribution >= 4 is 32.9 Å². The second-order valence-electron chi connectivity index (χ2n) is 8.29. The topological polar surface area (TPSA) is 89.6 Å². The van der Waals surface area contributed by atoms with E-state index in [9.17, 15) is 12.8 Å². The number of anilines is 1. The maximum absolute atomic E-state index is 13.4. The first-order chi connectivity index (χ1) is 17.9. The van der Waals surface area contributed by atoms with Gasteiger partial charge in [-0.2, -0.15) is 0 Å². The standard InChI is InChI=1S/C26H27FN4O4S2/c1-34-15-13-31-23(16-28-26(31)37(32,33)19-20-6-3-2-4-7-20)17-30(18-24-8-5-14-35-24)25(36)29-22-11-9-21(27)10-12-22/h2-12,14,16H,13,15,17-19H2,1H3,(H,29,36). The summed E-state index contributed by atoms with van der Waals surface area (Å²) in [5.41, 5.74) is 1.93. The Morgan fingerprint density at radius 2 is 1.86 bits per heavy atom. The monoisotopic (exact) mass is 542 g/mol. The largest absolute Gasteiger partial charge is 0.467 e. The van der Waals surface area contributed by atoms with Crippen LogP contribution in [0.2, 0.25) is 0 Å². The van der Waals surface area contributed by atoms with E-state index in [4.69, 9.17) is 21.4 Å². The number of methoxy groups -OCH3 is 1. The van der Waals surface area contributed by atoms with Crippen molar-refractivity contribution in [1.29, 1.82) is 0 Å². The van der Waals surface area contributed by atoms with Gasteiger partial charge in [-0.3, -0.25) is 0 Å². The minimum absolute atomic E-state index is 0.0289. The zero-order valence-electron chi connectivity index (χ0n) is 20.2. The molecule has 11 heteroatoms. The molecule has 2 heterocycles. The molecule has 0 aliphatic carbocycles. The van der Waals surface area contributed by atoms with Gasteiger partial charge in [0.25, 0.3) is 0 Å². The molecule has 4 aromatic rings. The lowest BCUT2D eigenvalue weighted by molar-refractivity contribution is 0.182. The molecule has 0 saturated carbocycles. The Balaban J connectivity index is 1.62. The Hall–Kier alpha value is -3.54. The number of thiocarbonyl (C=S) groups is 1. The highest BCUT2D eigenvalue weighted by Crippen LogP contribution is 2.21. The number of imidazole rings is 1. The molecule has 37 heavy (non-hydrogen) atoms. The molecule has 0 aliphatic heterocycles. The minimum Gasteiger partial charge on any atom is -0.467 e. The molecule has 0 aliphatic rings. The molecule has 0 unspecified atom stereocenters. The van der Waals surface area contributed by atoms with Gasteiger partial charge in [0.1, 0.15) is 11.6 Å². The van der Waals surface area contributed by atoms with Crippen LogP contribution in [0.4, 0.5) is 10.1 Å². The molecule has 2 aromatic carbocycles. The molecule has 194 valence electrons. The van der Waals surface area contributed by atoms with Gasteiger partial charge in [-0.1, -0.05) is 30.3 Å². The third-order valence-electron chi connectivity index (χ3n) is 5.56. The predicted molar refractivity (Wildman–Crippen MR) is 142 cm³/mol. The van der Waals surface area contributed by atoms with E-state index in [0.717, 1.165) is 0 Å². The SMILES string of the molecule is COCCn1c(CN(Cc2ccco2)C(=S)Nc2ccc(F)cc2)cnc1S(=O)(=O)Cc1ccccc1. The summed E-state index contributed by atoms with van der Waals surface area (Å²) in [5.74, 6) is 0.149. The maximum atomic E-state index is 13.4. The maximum Gasteiger partial charge on any atom is 0.228 e. The Kier molecular flexibility index (Phi) is 8.70. The van der Waals surface area contributed by atoms with Crippen molar-refractivity contribution in [3.63, 3.8) is 0 Å². The zero-order valence-corrected chi connectivity index (χ0v) is 21.8. The van der Waals surface area contributed by atoms with E-state index in [1.165, 1.54) is 12.1 Å². The number of ether oxygens (including phenoxy) is 1. The Bertz CT molecular complexity index is 1410. The molecule has 1 N–H and O–H groups in total. The van der Waals surface area contributed by atoms with Gasteiger partial charge in [0.2, 0.25) is 15.0 Å². The van der Waals surface area contributed by atoms with Crippen LogP contribution in [0, 0.1) is 5.82 Å². The van der Waals surface area contributed by atoms with Crippen LogP contribution >= 0.6 is 12.2 Å². The highest BCUT2D eigenvalue weighted by molar-refractivity contribution is 7.90. The number of aromatic nitrogens is 2. The van der Waals surface area contributed by atoms with Crippen LogP contribution in [-0.4, -0.2) is 41.7 Å². The lowest BCUT2D eigenvalue weighted by Crippen LogP contribution is -2.34. The molecule has 0 saturated heterocycles. The normalized spacial score (nSPS) is 11.4. The van der Waals surface area contributed by atoms with E-state index in [0.29, 0.717) is 47.5 Å². The molecular weight excluding hydrogens is 515 g/mol. The molecule has 2 aromatic heterocycles. The van der Waals surface area contributed by atoms with E-state index in [2.05, 4.69) is 10.3 Å². The number of halogens is 1. The average molecular weight is 543 g/mol. The van der Waals surface area contributed by atoms with E-state index >= 15 is 0 Å². The number of furan rings is 1. The predicted octanol–water partition coefficient (Wildman–Crippen LogP) is 4.63. The van der Waals surface area contributed by atoms with Gasteiger partial charge < -0.3 is 23.9 Å². The summed E-state index contributed by atoms with van der Waals surface area (Å²) < 4.78 is 52.4. The molecule has 8 nitrogen and oxygen atoms in total. The molecule has 0 radical (unpaired) electrons. The second-order valence-corrected chi connectivity index (χ2v) is 10.6. The van der Waals surface area contributed by atoms with E-state index < -0.39 is 9.84 Å². The van der Waals surface area contributed by atoms with Crippen LogP contribution in [0.3, 0.4) is 0 Å². The first-order valence-corrected chi connectivity index (χ1v) is 13.6. The van der Waals surface area contributed by atoms with Crippen LogP contribution in [-0.2, 0) is 40.0 Å². The highest BCUT2D eigenvalue weighted by Gasteiger charge is 2.25. The average Bonchev–Trinajstić information content (AvgIpc) is 3.54. The molecule has 0 atom stereocenters. The van der Waals surface area contributed by atoms with Crippen molar-refractivity contribution in [2.75, 3.05) is 19.0 Å². The summed E-state index contributed by atoms with van der Waals surface area (Å²) in [6, 6.07) is 18.4. The lowest BCUT2D eigenvalue weighted by Gasteiger charge is -2.26. The summed E-state index contributed by atoms with van der Waals surface area (Å²) in [5, 5.41) is 3.44. The number of nitrogens with one attached hydrogen (secondary N) is 1. The summed E-state index contributed by atoms with van der Waals surface area (Å²) in [7, 11) is -2.18. The smallest absolute Gasteiger partial charge is 0.228 e. The molecule has 0 fully saturated rings. The van der Waals surface area contributed by atoms with Gasteiger partial charge in [0.15, 0.2) is 5.11 Å². The lowest BCUT2D eigenvalue weighted by atomic mass is 10.2. The van der Waals surface area contributed by atoms with Gasteiger partial charge in [-0.05, 0) is 54.2 Å². The van der Waals surface area contributed by atoms with Gasteiger partial charge in [-0.25, -0.2) is 17.8 Å². The van der Waals surface area contributed by atoms with E-state index in [-0.39, 0.29) is 23.3 Å². The summed E-state index contributed by atoms with van der Waals surface area (Å²) in [6.45, 7) is 1.16. The molecule has 4 rings (SSSR count). The van der Waals surface area contributed by atoms with E-state index in [1.54, 1.807) is 66.6 Å². The van der Waals surface area contributed by atoms with Crippen molar-refractivity contribution in [2.24, 2.45) is 0 Å². The summed E-state index contributed by atoms with van der Waals surface area (Å²) in [6.07, 6.45) is 3.12. The third-order valence-corrected chi connectivity index (χ3v) is 7.52. The Morgan fingerprint density at radius 3 is 2.54 bits per heavy atom. The molecule has 0 bridgehead atoms. The van der Waals surface area contributed by atoms with Crippen LogP contribution in [0.15, 0.2) is 88.8 Å². The fourth-order valence-corrected chi connectivity index (χ4v) is 5.53. The quantitative estimate of drug-likeness (QED) is 0.274. The highest BCUT2D eigenvalue weighted by atomic mass is 32.2. The second kappa shape index (κ2) is 12.1. The number of sulfone groups is 1. The zero-order chi connectivity index (χ0) is 26.3. The fourth-order valence-electron chi connectivity index (χ4n) is 3.77. The Morgan fingerprint density at radius 1 is 1.11 bits per heavy atom. The number of benzene rings is 2. The number of hydrogen-bond acceptors (Lipinski definition) is 6. The molecule has 0 amide bonds.